The summed E-state index contributed by atoms with van der Waals surface area (Å²) in [6, 6.07) is 6.16. The molecule has 0 aliphatic carbocycles. The standard InChI is InChI=1S/C18H19BN2O3.C2H6/c20-11-19-7-4-12(5-8-19)13-1-2-14-15(9-13)24-10-18(14)6-3-16(22)21-17(18)23;1-2/h1-2,9,12H,3-8,10H2,(H,21,22,23);1-2H3. The van der Waals surface area contributed by atoms with Crippen molar-refractivity contribution in [2.75, 3.05) is 6.61 Å². The predicted molar refractivity (Wildman–Crippen MR) is 100 cm³/mol. The van der Waals surface area contributed by atoms with Crippen LogP contribution in [0.4, 0.5) is 0 Å². The Labute approximate surface area is 155 Å². The number of hydrogen-bond donors (Lipinski definition) is 1. The molecule has 26 heavy (non-hydrogen) atoms. The summed E-state index contributed by atoms with van der Waals surface area (Å²) in [5.74, 6) is 3.17. The summed E-state index contributed by atoms with van der Waals surface area (Å²) in [7, 11) is 0. The average Bonchev–Trinajstić information content (AvgIpc) is 3.06. The fraction of sp³-hybridized carbons (Fsp3) is 0.550. The monoisotopic (exact) mass is 352 g/mol. The summed E-state index contributed by atoms with van der Waals surface area (Å²) in [5.41, 5.74) is 1.43. The highest BCUT2D eigenvalue weighted by Gasteiger charge is 2.50. The predicted octanol–water partition coefficient (Wildman–Crippen LogP) is 3.21. The van der Waals surface area contributed by atoms with Gasteiger partial charge in [0.25, 0.3) is 6.71 Å². The normalized spacial score (nSPS) is 24.9. The molecule has 0 radical (unpaired) electrons. The maximum atomic E-state index is 12.4. The van der Waals surface area contributed by atoms with E-state index in [4.69, 9.17) is 10.00 Å². The minimum atomic E-state index is -0.708. The zero-order valence-corrected chi connectivity index (χ0v) is 15.5. The van der Waals surface area contributed by atoms with Gasteiger partial charge in [0.15, 0.2) is 0 Å². The van der Waals surface area contributed by atoms with Crippen LogP contribution >= 0.6 is 0 Å². The Morgan fingerprint density at radius 1 is 1.27 bits per heavy atom. The zero-order chi connectivity index (χ0) is 18.7. The lowest BCUT2D eigenvalue weighted by Gasteiger charge is -2.30. The van der Waals surface area contributed by atoms with Crippen LogP contribution in [0.1, 0.15) is 56.6 Å². The molecule has 0 saturated carbocycles. The van der Waals surface area contributed by atoms with E-state index in [0.29, 0.717) is 25.4 Å². The molecule has 0 aromatic heterocycles. The second-order valence-electron chi connectivity index (χ2n) is 7.18. The van der Waals surface area contributed by atoms with E-state index >= 15 is 0 Å². The van der Waals surface area contributed by atoms with Gasteiger partial charge in [0.2, 0.25) is 11.8 Å². The van der Waals surface area contributed by atoms with Crippen molar-refractivity contribution >= 4 is 18.5 Å². The van der Waals surface area contributed by atoms with E-state index in [0.717, 1.165) is 36.8 Å². The van der Waals surface area contributed by atoms with E-state index in [1.54, 1.807) is 0 Å². The van der Waals surface area contributed by atoms with Crippen molar-refractivity contribution in [3.63, 3.8) is 0 Å². The minimum Gasteiger partial charge on any atom is -0.492 e. The Morgan fingerprint density at radius 3 is 2.65 bits per heavy atom. The second-order valence-corrected chi connectivity index (χ2v) is 7.18. The number of piperidine rings is 1. The van der Waals surface area contributed by atoms with Crippen LogP contribution in [-0.2, 0) is 15.0 Å². The van der Waals surface area contributed by atoms with Gasteiger partial charge in [0, 0.05) is 18.0 Å². The highest BCUT2D eigenvalue weighted by Crippen LogP contribution is 2.45. The number of hydrogen-bond acceptors (Lipinski definition) is 4. The Balaban J connectivity index is 0.000000948. The van der Waals surface area contributed by atoms with Crippen molar-refractivity contribution in [2.45, 2.75) is 63.5 Å². The SMILES string of the molecule is CC.N#CB1CCC(c2ccc3c(c2)OCC32CCC(=O)NC2=O)CC1. The number of benzene rings is 1. The van der Waals surface area contributed by atoms with Gasteiger partial charge in [0.1, 0.15) is 17.8 Å². The molecule has 1 aromatic carbocycles. The Kier molecular flexibility index (Phi) is 5.36. The highest BCUT2D eigenvalue weighted by molar-refractivity contribution is 6.67. The molecule has 2 amide bonds. The van der Waals surface area contributed by atoms with E-state index in [1.165, 1.54) is 5.56 Å². The van der Waals surface area contributed by atoms with E-state index in [9.17, 15) is 9.59 Å². The smallest absolute Gasteiger partial charge is 0.267 e. The largest absolute Gasteiger partial charge is 0.492 e. The van der Waals surface area contributed by atoms with Crippen LogP contribution in [0.3, 0.4) is 0 Å². The van der Waals surface area contributed by atoms with Gasteiger partial charge in [0.05, 0.1) is 0 Å². The van der Waals surface area contributed by atoms with Gasteiger partial charge in [-0.15, -0.1) is 0 Å². The third-order valence-corrected chi connectivity index (χ3v) is 5.84. The summed E-state index contributed by atoms with van der Waals surface area (Å²) in [6.07, 6.45) is 4.82. The molecule has 6 heteroatoms. The highest BCUT2D eigenvalue weighted by atomic mass is 16.5. The molecule has 1 atom stereocenters. The number of rotatable bonds is 1. The maximum Gasteiger partial charge on any atom is 0.267 e. The molecular formula is C20H25BN2O3. The Hall–Kier alpha value is -2.29. The number of amides is 2. The van der Waals surface area contributed by atoms with Crippen LogP contribution in [0.2, 0.25) is 12.6 Å². The lowest BCUT2D eigenvalue weighted by Crippen LogP contribution is -2.52. The quantitative estimate of drug-likeness (QED) is 0.622. The second kappa shape index (κ2) is 7.53. The molecule has 0 bridgehead atoms. The Bertz CT molecular complexity index is 750. The summed E-state index contributed by atoms with van der Waals surface area (Å²) in [5, 5.41) is 11.5. The van der Waals surface area contributed by atoms with Gasteiger partial charge in [-0.25, -0.2) is 5.26 Å². The van der Waals surface area contributed by atoms with E-state index in [1.807, 2.05) is 19.9 Å². The third-order valence-electron chi connectivity index (χ3n) is 5.84. The molecule has 4 rings (SSSR count). The Morgan fingerprint density at radius 2 is 2.00 bits per heavy atom. The molecule has 1 spiro atoms. The van der Waals surface area contributed by atoms with Gasteiger partial charge < -0.3 is 4.74 Å². The van der Waals surface area contributed by atoms with Crippen molar-refractivity contribution in [3.05, 3.63) is 29.3 Å². The van der Waals surface area contributed by atoms with E-state index in [2.05, 4.69) is 23.4 Å². The van der Waals surface area contributed by atoms with Crippen LogP contribution in [0.15, 0.2) is 18.2 Å². The molecule has 3 heterocycles. The van der Waals surface area contributed by atoms with Crippen LogP contribution in [-0.4, -0.2) is 25.1 Å². The lowest BCUT2D eigenvalue weighted by molar-refractivity contribution is -0.138. The van der Waals surface area contributed by atoms with Gasteiger partial charge in [-0.3, -0.25) is 14.9 Å². The number of nitrogens with zero attached hydrogens (tertiary/aromatic N) is 1. The summed E-state index contributed by atoms with van der Waals surface area (Å²) in [6.45, 7) is 4.50. The first-order valence-corrected chi connectivity index (χ1v) is 9.63. The van der Waals surface area contributed by atoms with Crippen molar-refractivity contribution in [1.29, 1.82) is 5.26 Å². The molecule has 3 aliphatic rings. The molecular weight excluding hydrogens is 327 g/mol. The molecule has 1 N–H and O–H groups in total. The topological polar surface area (TPSA) is 79.2 Å². The first kappa shape index (κ1) is 18.5. The number of carbonyl (C=O) groups excluding carboxylic acids is 2. The summed E-state index contributed by atoms with van der Waals surface area (Å²) in [4.78, 5) is 23.8. The minimum absolute atomic E-state index is 0.193. The van der Waals surface area contributed by atoms with Crippen LogP contribution < -0.4 is 10.1 Å². The van der Waals surface area contributed by atoms with Crippen LogP contribution in [0.25, 0.3) is 0 Å². The van der Waals surface area contributed by atoms with Gasteiger partial charge in [-0.2, -0.15) is 0 Å². The molecule has 3 aliphatic heterocycles. The molecule has 2 fully saturated rings. The zero-order valence-electron chi connectivity index (χ0n) is 15.5. The van der Waals surface area contributed by atoms with Gasteiger partial charge in [-0.05, 0) is 24.0 Å². The number of imide groups is 1. The van der Waals surface area contributed by atoms with Crippen molar-refractivity contribution < 1.29 is 14.3 Å². The fourth-order valence-corrected chi connectivity index (χ4v) is 4.29. The summed E-state index contributed by atoms with van der Waals surface area (Å²) < 4.78 is 5.85. The number of nitriles is 1. The first-order chi connectivity index (χ1) is 12.6. The number of ether oxygens (including phenoxy) is 1. The summed E-state index contributed by atoms with van der Waals surface area (Å²) >= 11 is 0. The molecule has 1 aromatic rings. The van der Waals surface area contributed by atoms with Gasteiger partial charge in [-0.1, -0.05) is 51.5 Å². The fourth-order valence-electron chi connectivity index (χ4n) is 4.29. The number of nitrogens with one attached hydrogen (secondary N) is 1. The molecule has 2 saturated heterocycles. The average molecular weight is 352 g/mol. The van der Waals surface area contributed by atoms with E-state index < -0.39 is 5.41 Å². The van der Waals surface area contributed by atoms with Crippen LogP contribution in [0.5, 0.6) is 5.75 Å². The molecule has 136 valence electrons. The van der Waals surface area contributed by atoms with Crippen molar-refractivity contribution in [2.24, 2.45) is 0 Å². The number of carbonyl (C=O) groups is 2. The first-order valence-electron chi connectivity index (χ1n) is 9.63. The van der Waals surface area contributed by atoms with Crippen molar-refractivity contribution in [1.82, 2.24) is 5.32 Å². The van der Waals surface area contributed by atoms with Crippen LogP contribution in [0, 0.1) is 11.2 Å². The lowest BCUT2D eigenvalue weighted by atomic mass is 9.41. The third kappa shape index (κ3) is 3.11. The maximum absolute atomic E-state index is 12.4. The molecule has 1 unspecified atom stereocenters. The van der Waals surface area contributed by atoms with E-state index in [-0.39, 0.29) is 18.5 Å². The number of fused-ring (bicyclic) bond motifs is 2. The van der Waals surface area contributed by atoms with Crippen molar-refractivity contribution in [3.8, 4) is 11.7 Å². The molecule has 5 nitrogen and oxygen atoms in total. The van der Waals surface area contributed by atoms with Gasteiger partial charge >= 0.3 is 0 Å².